The Kier molecular flexibility index (Phi) is 7.30. The first-order valence-corrected chi connectivity index (χ1v) is 11.3. The van der Waals surface area contributed by atoms with E-state index < -0.39 is 41.7 Å². The molecule has 178 valence electrons. The first-order chi connectivity index (χ1) is 15.0. The molecule has 1 aromatic carbocycles. The van der Waals surface area contributed by atoms with Gasteiger partial charge in [0.1, 0.15) is 12.2 Å². The zero-order valence-electron chi connectivity index (χ0n) is 19.4. The Morgan fingerprint density at radius 1 is 1.19 bits per heavy atom. The predicted octanol–water partition coefficient (Wildman–Crippen LogP) is 5.46. The quantitative estimate of drug-likeness (QED) is 0.609. The normalized spacial score (nSPS) is 25.3. The smallest absolute Gasteiger partial charge is 0.410 e. The molecule has 1 heterocycles. The van der Waals surface area contributed by atoms with Crippen LogP contribution in [0, 0.1) is 5.92 Å². The Morgan fingerprint density at radius 3 is 2.53 bits per heavy atom. The van der Waals surface area contributed by atoms with E-state index in [0.717, 1.165) is 5.56 Å². The van der Waals surface area contributed by atoms with Crippen LogP contribution in [0.2, 0.25) is 0 Å². The van der Waals surface area contributed by atoms with Gasteiger partial charge in [-0.05, 0) is 45.6 Å². The third kappa shape index (κ3) is 5.90. The van der Waals surface area contributed by atoms with Gasteiger partial charge < -0.3 is 14.4 Å². The van der Waals surface area contributed by atoms with E-state index in [-0.39, 0.29) is 19.6 Å². The SMILES string of the molecule is C[C@@H]1[C@@H](N(C(=O)OCc2ccccc2)[C@H]2CCN(C(=O)OC(C)(C)C)C2)CCCC1(F)F. The van der Waals surface area contributed by atoms with E-state index in [9.17, 15) is 18.4 Å². The summed E-state index contributed by atoms with van der Waals surface area (Å²) in [5.74, 6) is -3.83. The van der Waals surface area contributed by atoms with E-state index in [0.29, 0.717) is 25.8 Å². The highest BCUT2D eigenvalue weighted by atomic mass is 19.3. The first-order valence-electron chi connectivity index (χ1n) is 11.3. The maximum absolute atomic E-state index is 14.5. The Balaban J connectivity index is 1.76. The summed E-state index contributed by atoms with van der Waals surface area (Å²) in [6.45, 7) is 7.58. The molecular formula is C24H34F2N2O4. The molecule has 6 nitrogen and oxygen atoms in total. The third-order valence-corrected chi connectivity index (χ3v) is 6.24. The van der Waals surface area contributed by atoms with E-state index >= 15 is 0 Å². The lowest BCUT2D eigenvalue weighted by Crippen LogP contribution is -2.56. The van der Waals surface area contributed by atoms with Crippen LogP contribution >= 0.6 is 0 Å². The molecule has 2 aliphatic rings. The average Bonchev–Trinajstić information content (AvgIpc) is 3.19. The van der Waals surface area contributed by atoms with E-state index in [1.807, 2.05) is 30.3 Å². The maximum atomic E-state index is 14.5. The van der Waals surface area contributed by atoms with Crippen molar-refractivity contribution in [3.63, 3.8) is 0 Å². The Morgan fingerprint density at radius 2 is 1.88 bits per heavy atom. The molecule has 1 saturated heterocycles. The second-order valence-electron chi connectivity index (χ2n) is 9.83. The fraction of sp³-hybridized carbons (Fsp3) is 0.667. The molecule has 32 heavy (non-hydrogen) atoms. The van der Waals surface area contributed by atoms with Gasteiger partial charge in [0.25, 0.3) is 5.92 Å². The Labute approximate surface area is 188 Å². The fourth-order valence-corrected chi connectivity index (χ4v) is 4.50. The van der Waals surface area contributed by atoms with Gasteiger partial charge in [-0.15, -0.1) is 0 Å². The van der Waals surface area contributed by atoms with E-state index in [2.05, 4.69) is 0 Å². The summed E-state index contributed by atoms with van der Waals surface area (Å²) in [4.78, 5) is 28.7. The molecule has 0 unspecified atom stereocenters. The van der Waals surface area contributed by atoms with Gasteiger partial charge >= 0.3 is 12.2 Å². The molecule has 1 aliphatic heterocycles. The summed E-state index contributed by atoms with van der Waals surface area (Å²) in [7, 11) is 0. The second kappa shape index (κ2) is 9.63. The van der Waals surface area contributed by atoms with Crippen molar-refractivity contribution >= 4 is 12.2 Å². The summed E-state index contributed by atoms with van der Waals surface area (Å²) in [5.41, 5.74) is 0.188. The van der Waals surface area contributed by atoms with Gasteiger partial charge in [0.15, 0.2) is 0 Å². The van der Waals surface area contributed by atoms with Gasteiger partial charge in [-0.2, -0.15) is 0 Å². The number of carbonyl (C=O) groups excluding carboxylic acids is 2. The van der Waals surface area contributed by atoms with Crippen molar-refractivity contribution in [2.24, 2.45) is 5.92 Å². The van der Waals surface area contributed by atoms with Crippen molar-refractivity contribution < 1.29 is 27.8 Å². The summed E-state index contributed by atoms with van der Waals surface area (Å²) in [6.07, 6.45) is 0.0764. The first kappa shape index (κ1) is 24.3. The Hall–Kier alpha value is -2.38. The maximum Gasteiger partial charge on any atom is 0.410 e. The zero-order chi connectivity index (χ0) is 23.5. The lowest BCUT2D eigenvalue weighted by molar-refractivity contribution is -0.113. The van der Waals surface area contributed by atoms with E-state index in [1.54, 1.807) is 25.7 Å². The zero-order valence-corrected chi connectivity index (χ0v) is 19.4. The van der Waals surface area contributed by atoms with Crippen molar-refractivity contribution in [2.75, 3.05) is 13.1 Å². The lowest BCUT2D eigenvalue weighted by atomic mass is 9.81. The van der Waals surface area contributed by atoms with Gasteiger partial charge in [0, 0.05) is 31.5 Å². The number of benzene rings is 1. The monoisotopic (exact) mass is 452 g/mol. The van der Waals surface area contributed by atoms with Gasteiger partial charge in [0.2, 0.25) is 0 Å². The van der Waals surface area contributed by atoms with E-state index in [4.69, 9.17) is 9.47 Å². The molecule has 3 atom stereocenters. The molecule has 8 heteroatoms. The number of amides is 2. The van der Waals surface area contributed by atoms with Crippen molar-refractivity contribution in [2.45, 2.75) is 83.6 Å². The average molecular weight is 453 g/mol. The number of alkyl halides is 2. The second-order valence-corrected chi connectivity index (χ2v) is 9.83. The largest absolute Gasteiger partial charge is 0.445 e. The summed E-state index contributed by atoms with van der Waals surface area (Å²) in [5, 5.41) is 0. The number of hydrogen-bond acceptors (Lipinski definition) is 4. The molecule has 2 fully saturated rings. The standard InChI is InChI=1S/C24H34F2N2O4/c1-17-20(11-8-13-24(17,25)26)28(22(30)31-16-18-9-6-5-7-10-18)19-12-14-27(15-19)21(29)32-23(2,3)4/h5-7,9-10,17,19-20H,8,11-16H2,1-4H3/t17-,19+,20+/m1/s1. The van der Waals surface area contributed by atoms with Crippen LogP contribution in [0.25, 0.3) is 0 Å². The van der Waals surface area contributed by atoms with Crippen LogP contribution in [0.15, 0.2) is 30.3 Å². The molecule has 1 aliphatic carbocycles. The number of hydrogen-bond donors (Lipinski definition) is 0. The highest BCUT2D eigenvalue weighted by Gasteiger charge is 2.50. The minimum atomic E-state index is -2.84. The number of ether oxygens (including phenoxy) is 2. The Bertz CT molecular complexity index is 797. The fourth-order valence-electron chi connectivity index (χ4n) is 4.50. The number of likely N-dealkylation sites (tertiary alicyclic amines) is 1. The lowest BCUT2D eigenvalue weighted by Gasteiger charge is -2.44. The van der Waals surface area contributed by atoms with Crippen LogP contribution in [0.4, 0.5) is 18.4 Å². The number of halogens is 2. The molecule has 0 radical (unpaired) electrons. The van der Waals surface area contributed by atoms with Crippen LogP contribution in [0.1, 0.15) is 58.9 Å². The van der Waals surface area contributed by atoms with Crippen LogP contribution in [0.3, 0.4) is 0 Å². The number of carbonyl (C=O) groups is 2. The van der Waals surface area contributed by atoms with Crippen LogP contribution in [0.5, 0.6) is 0 Å². The van der Waals surface area contributed by atoms with Crippen molar-refractivity contribution in [3.8, 4) is 0 Å². The predicted molar refractivity (Wildman–Crippen MR) is 116 cm³/mol. The van der Waals surface area contributed by atoms with Crippen molar-refractivity contribution in [3.05, 3.63) is 35.9 Å². The van der Waals surface area contributed by atoms with Gasteiger partial charge in [-0.1, -0.05) is 37.3 Å². The minimum Gasteiger partial charge on any atom is -0.445 e. The molecule has 2 amide bonds. The highest BCUT2D eigenvalue weighted by molar-refractivity contribution is 5.71. The summed E-state index contributed by atoms with van der Waals surface area (Å²) in [6, 6.07) is 8.20. The molecule has 0 spiro atoms. The third-order valence-electron chi connectivity index (χ3n) is 6.24. The van der Waals surface area contributed by atoms with Crippen LogP contribution in [-0.2, 0) is 16.1 Å². The molecule has 0 N–H and O–H groups in total. The highest BCUT2D eigenvalue weighted by Crippen LogP contribution is 2.42. The molecule has 3 rings (SSSR count). The molecule has 0 aromatic heterocycles. The van der Waals surface area contributed by atoms with Crippen molar-refractivity contribution in [1.29, 1.82) is 0 Å². The molecule has 1 saturated carbocycles. The molecule has 1 aromatic rings. The van der Waals surface area contributed by atoms with E-state index in [1.165, 1.54) is 11.8 Å². The molecular weight excluding hydrogens is 418 g/mol. The van der Waals surface area contributed by atoms with Gasteiger partial charge in [0.05, 0.1) is 6.04 Å². The summed E-state index contributed by atoms with van der Waals surface area (Å²) < 4.78 is 40.1. The van der Waals surface area contributed by atoms with Gasteiger partial charge in [-0.25, -0.2) is 18.4 Å². The van der Waals surface area contributed by atoms with Crippen LogP contribution < -0.4 is 0 Å². The number of nitrogens with zero attached hydrogens (tertiary/aromatic N) is 2. The minimum absolute atomic E-state index is 0.0656. The summed E-state index contributed by atoms with van der Waals surface area (Å²) >= 11 is 0. The number of rotatable bonds is 4. The van der Waals surface area contributed by atoms with Crippen molar-refractivity contribution in [1.82, 2.24) is 9.80 Å². The topological polar surface area (TPSA) is 59.1 Å². The molecule has 0 bridgehead atoms. The van der Waals surface area contributed by atoms with Crippen LogP contribution in [-0.4, -0.2) is 58.7 Å². The van der Waals surface area contributed by atoms with Gasteiger partial charge in [-0.3, -0.25) is 4.90 Å².